The highest BCUT2D eigenvalue weighted by Crippen LogP contribution is 2.17. The molecule has 26 heavy (non-hydrogen) atoms. The van der Waals surface area contributed by atoms with Crippen LogP contribution < -0.4 is 14.8 Å². The maximum Gasteiger partial charge on any atom is 0.239 e. The number of aliphatic hydroxyl groups is 1. The summed E-state index contributed by atoms with van der Waals surface area (Å²) >= 11 is 3.29. The van der Waals surface area contributed by atoms with Crippen molar-refractivity contribution in [1.82, 2.24) is 9.88 Å². The third kappa shape index (κ3) is 6.99. The predicted octanol–water partition coefficient (Wildman–Crippen LogP) is 2.16. The summed E-state index contributed by atoms with van der Waals surface area (Å²) in [6, 6.07) is 10.6. The fourth-order valence-corrected chi connectivity index (χ4v) is 2.45. The highest BCUT2D eigenvalue weighted by Gasteiger charge is 2.13. The molecule has 1 unspecified atom stereocenters. The Morgan fingerprint density at radius 1 is 1.27 bits per heavy atom. The van der Waals surface area contributed by atoms with Gasteiger partial charge in [0, 0.05) is 17.2 Å². The van der Waals surface area contributed by atoms with E-state index in [-0.39, 0.29) is 19.1 Å². The van der Waals surface area contributed by atoms with Gasteiger partial charge in [0.15, 0.2) is 0 Å². The number of rotatable bonds is 9. The van der Waals surface area contributed by atoms with E-state index in [9.17, 15) is 9.90 Å². The number of carbonyl (C=O) groups is 1. The van der Waals surface area contributed by atoms with Crippen LogP contribution in [0.15, 0.2) is 47.1 Å². The quantitative estimate of drug-likeness (QED) is 0.642. The first kappa shape index (κ1) is 20.2. The Hall–Kier alpha value is -2.16. The minimum atomic E-state index is -0.722. The molecule has 0 aliphatic carbocycles. The lowest BCUT2D eigenvalue weighted by Gasteiger charge is -2.20. The molecule has 0 saturated heterocycles. The molecule has 1 heterocycles. The number of hydrogen-bond donors (Lipinski definition) is 2. The highest BCUT2D eigenvalue weighted by atomic mass is 79.9. The molecule has 2 N–H and O–H groups in total. The summed E-state index contributed by atoms with van der Waals surface area (Å²) < 4.78 is 11.4. The first-order valence-electron chi connectivity index (χ1n) is 8.01. The number of hydrogen-bond acceptors (Lipinski definition) is 6. The van der Waals surface area contributed by atoms with Crippen molar-refractivity contribution >= 4 is 27.7 Å². The monoisotopic (exact) mass is 423 g/mol. The minimum Gasteiger partial charge on any atom is -0.497 e. The van der Waals surface area contributed by atoms with Crippen LogP contribution in [0.5, 0.6) is 11.5 Å². The summed E-state index contributed by atoms with van der Waals surface area (Å²) in [4.78, 5) is 17.8. The topological polar surface area (TPSA) is 83.9 Å². The maximum atomic E-state index is 12.0. The summed E-state index contributed by atoms with van der Waals surface area (Å²) in [5.41, 5.74) is 0. The van der Waals surface area contributed by atoms with Crippen molar-refractivity contribution in [2.75, 3.05) is 39.2 Å². The van der Waals surface area contributed by atoms with E-state index in [1.54, 1.807) is 61.7 Å². The normalized spacial score (nSPS) is 11.9. The first-order chi connectivity index (χ1) is 12.5. The van der Waals surface area contributed by atoms with E-state index < -0.39 is 6.10 Å². The molecule has 0 fully saturated rings. The van der Waals surface area contributed by atoms with E-state index in [0.717, 1.165) is 10.2 Å². The molecule has 1 aromatic heterocycles. The molecule has 0 radical (unpaired) electrons. The highest BCUT2D eigenvalue weighted by molar-refractivity contribution is 9.10. The van der Waals surface area contributed by atoms with Crippen LogP contribution in [-0.4, -0.2) is 60.9 Å². The SMILES string of the molecule is COc1ccc(OCC(O)CN(C)CC(=O)Nc2ccc(Br)cn2)cc1. The van der Waals surface area contributed by atoms with Gasteiger partial charge in [-0.15, -0.1) is 0 Å². The average molecular weight is 424 g/mol. The van der Waals surface area contributed by atoms with Crippen molar-refractivity contribution in [3.8, 4) is 11.5 Å². The van der Waals surface area contributed by atoms with E-state index in [0.29, 0.717) is 18.1 Å². The maximum absolute atomic E-state index is 12.0. The molecule has 0 saturated carbocycles. The number of pyridine rings is 1. The molecule has 1 atom stereocenters. The molecular weight excluding hydrogens is 402 g/mol. The minimum absolute atomic E-state index is 0.132. The molecule has 140 valence electrons. The molecule has 1 amide bonds. The number of ether oxygens (including phenoxy) is 2. The van der Waals surface area contributed by atoms with Gasteiger partial charge < -0.3 is 19.9 Å². The van der Waals surface area contributed by atoms with E-state index in [1.165, 1.54) is 0 Å². The fourth-order valence-electron chi connectivity index (χ4n) is 2.22. The van der Waals surface area contributed by atoms with Crippen molar-refractivity contribution < 1.29 is 19.4 Å². The molecule has 0 spiro atoms. The lowest BCUT2D eigenvalue weighted by molar-refractivity contribution is -0.117. The molecular formula is C18H22BrN3O4. The van der Waals surface area contributed by atoms with Gasteiger partial charge in [-0.1, -0.05) is 0 Å². The molecule has 2 rings (SSSR count). The van der Waals surface area contributed by atoms with E-state index in [1.807, 2.05) is 0 Å². The number of carbonyl (C=O) groups excluding carboxylic acids is 1. The lowest BCUT2D eigenvalue weighted by Crippen LogP contribution is -2.37. The van der Waals surface area contributed by atoms with Gasteiger partial charge in [0.05, 0.1) is 13.7 Å². The largest absolute Gasteiger partial charge is 0.497 e. The summed E-state index contributed by atoms with van der Waals surface area (Å²) in [6.07, 6.45) is 0.889. The number of nitrogens with zero attached hydrogens (tertiary/aromatic N) is 2. The molecule has 2 aromatic rings. The number of aliphatic hydroxyl groups excluding tert-OH is 1. The lowest BCUT2D eigenvalue weighted by atomic mass is 10.3. The van der Waals surface area contributed by atoms with Gasteiger partial charge in [0.1, 0.15) is 30.0 Å². The second kappa shape index (κ2) is 10.1. The number of likely N-dealkylation sites (N-methyl/N-ethyl adjacent to an activating group) is 1. The van der Waals surface area contributed by atoms with Gasteiger partial charge >= 0.3 is 0 Å². The Morgan fingerprint density at radius 3 is 2.58 bits per heavy atom. The number of anilines is 1. The summed E-state index contributed by atoms with van der Waals surface area (Å²) in [7, 11) is 3.35. The van der Waals surface area contributed by atoms with Crippen molar-refractivity contribution in [2.45, 2.75) is 6.10 Å². The van der Waals surface area contributed by atoms with Crippen LogP contribution in [0.4, 0.5) is 5.82 Å². The zero-order chi connectivity index (χ0) is 18.9. The number of aromatic nitrogens is 1. The third-order valence-corrected chi connectivity index (χ3v) is 3.90. The number of halogens is 1. The third-order valence-electron chi connectivity index (χ3n) is 3.43. The number of amides is 1. The number of nitrogens with one attached hydrogen (secondary N) is 1. The summed E-state index contributed by atoms with van der Waals surface area (Å²) in [5.74, 6) is 1.66. The molecule has 0 aliphatic heterocycles. The molecule has 0 bridgehead atoms. The number of methoxy groups -OCH3 is 1. The Balaban J connectivity index is 1.70. The van der Waals surface area contributed by atoms with Crippen LogP contribution in [0, 0.1) is 0 Å². The molecule has 1 aromatic carbocycles. The Labute approximate surface area is 161 Å². The van der Waals surface area contributed by atoms with Gasteiger partial charge in [0.2, 0.25) is 5.91 Å². The van der Waals surface area contributed by atoms with Crippen LogP contribution in [0.3, 0.4) is 0 Å². The van der Waals surface area contributed by atoms with E-state index in [4.69, 9.17) is 9.47 Å². The second-order valence-electron chi connectivity index (χ2n) is 5.75. The van der Waals surface area contributed by atoms with E-state index in [2.05, 4.69) is 26.2 Å². The van der Waals surface area contributed by atoms with E-state index >= 15 is 0 Å². The van der Waals surface area contributed by atoms with Crippen molar-refractivity contribution in [2.24, 2.45) is 0 Å². The standard InChI is InChI=1S/C18H22BrN3O4/c1-22(11-18(24)21-17-8-3-13(19)9-20-17)10-14(23)12-26-16-6-4-15(25-2)5-7-16/h3-9,14,23H,10-12H2,1-2H3,(H,20,21,24). The molecule has 8 heteroatoms. The Morgan fingerprint density at radius 2 is 1.96 bits per heavy atom. The van der Waals surface area contributed by atoms with Gasteiger partial charge in [-0.25, -0.2) is 4.98 Å². The number of benzene rings is 1. The average Bonchev–Trinajstić information content (AvgIpc) is 2.62. The smallest absolute Gasteiger partial charge is 0.239 e. The van der Waals surface area contributed by atoms with Gasteiger partial charge in [-0.05, 0) is 59.4 Å². The predicted molar refractivity (Wildman–Crippen MR) is 103 cm³/mol. The zero-order valence-electron chi connectivity index (χ0n) is 14.7. The molecule has 0 aliphatic rings. The van der Waals surface area contributed by atoms with Crippen molar-refractivity contribution in [3.63, 3.8) is 0 Å². The van der Waals surface area contributed by atoms with Crippen LogP contribution in [0.1, 0.15) is 0 Å². The zero-order valence-corrected chi connectivity index (χ0v) is 16.3. The van der Waals surface area contributed by atoms with Crippen molar-refractivity contribution in [1.29, 1.82) is 0 Å². The van der Waals surface area contributed by atoms with Crippen LogP contribution >= 0.6 is 15.9 Å². The second-order valence-corrected chi connectivity index (χ2v) is 6.66. The van der Waals surface area contributed by atoms with Gasteiger partial charge in [-0.2, -0.15) is 0 Å². The summed E-state index contributed by atoms with van der Waals surface area (Å²) in [5, 5.41) is 12.8. The van der Waals surface area contributed by atoms with Gasteiger partial charge in [0.25, 0.3) is 0 Å². The Kier molecular flexibility index (Phi) is 7.83. The fraction of sp³-hybridized carbons (Fsp3) is 0.333. The molecule has 7 nitrogen and oxygen atoms in total. The summed E-state index contributed by atoms with van der Waals surface area (Å²) in [6.45, 7) is 0.571. The Bertz CT molecular complexity index is 695. The van der Waals surface area contributed by atoms with Crippen LogP contribution in [0.25, 0.3) is 0 Å². The first-order valence-corrected chi connectivity index (χ1v) is 8.80. The van der Waals surface area contributed by atoms with Gasteiger partial charge in [-0.3, -0.25) is 9.69 Å². The van der Waals surface area contributed by atoms with Crippen LogP contribution in [-0.2, 0) is 4.79 Å². The van der Waals surface area contributed by atoms with Crippen molar-refractivity contribution in [3.05, 3.63) is 47.1 Å². The van der Waals surface area contributed by atoms with Crippen LogP contribution in [0.2, 0.25) is 0 Å².